The number of ether oxygens (including phenoxy) is 3. The van der Waals surface area contributed by atoms with Crippen molar-refractivity contribution in [3.05, 3.63) is 85.1 Å². The lowest BCUT2D eigenvalue weighted by Gasteiger charge is -2.21. The highest BCUT2D eigenvalue weighted by atomic mass is 31.2. The van der Waals surface area contributed by atoms with Crippen molar-refractivity contribution in [2.24, 2.45) is 0 Å². The van der Waals surface area contributed by atoms with Crippen molar-refractivity contribution < 1.29 is 52.2 Å². The van der Waals surface area contributed by atoms with Crippen LogP contribution >= 0.6 is 7.82 Å². The number of allylic oxidation sites excluding steroid dienone is 14. The Morgan fingerprint density at radius 2 is 0.786 bits per heavy atom. The summed E-state index contributed by atoms with van der Waals surface area (Å²) in [5.74, 6) is -1.55. The summed E-state index contributed by atoms with van der Waals surface area (Å²) in [5.41, 5.74) is 0. The van der Waals surface area contributed by atoms with Crippen LogP contribution in [0.3, 0.4) is 0 Å². The van der Waals surface area contributed by atoms with Crippen molar-refractivity contribution in [1.29, 1.82) is 0 Å². The fourth-order valence-electron chi connectivity index (χ4n) is 7.13. The molecule has 0 aliphatic heterocycles. The molecule has 402 valence electrons. The molecule has 11 nitrogen and oxygen atoms in total. The standard InChI is InChI=1S/C58H99O11P/c1-4-7-10-13-16-19-22-25-26-27-28-31-32-35-38-41-44-47-56(60)65-51-55(69-58(62)49-46-43-40-37-34-30-24-21-18-15-12-9-6-3)53-67-70(63,64)66-52-54(50-59)68-57(61)48-45-42-39-36-33-29-23-20-17-14-11-8-5-2/h7,10,12,15-16,19,21,24-26,28,31,35,38,54-55,59H,4-6,8-9,11,13-14,17-18,20,22-23,27,29-30,32-34,36-37,39-53H2,1-3H3,(H,63,64)/b10-7-,15-12-,19-16-,24-21-,26-25-,31-28-,38-35-. The maximum atomic E-state index is 12.9. The molecule has 0 fully saturated rings. The van der Waals surface area contributed by atoms with E-state index in [2.05, 4.69) is 99.8 Å². The van der Waals surface area contributed by atoms with Gasteiger partial charge < -0.3 is 24.2 Å². The maximum Gasteiger partial charge on any atom is 0.472 e. The van der Waals surface area contributed by atoms with Gasteiger partial charge in [0.05, 0.1) is 19.8 Å². The molecule has 0 aromatic carbocycles. The summed E-state index contributed by atoms with van der Waals surface area (Å²) in [6.45, 7) is 4.38. The fourth-order valence-corrected chi connectivity index (χ4v) is 7.92. The second-order valence-electron chi connectivity index (χ2n) is 18.0. The van der Waals surface area contributed by atoms with Crippen molar-refractivity contribution in [2.75, 3.05) is 26.4 Å². The number of carbonyl (C=O) groups is 3. The summed E-state index contributed by atoms with van der Waals surface area (Å²) < 4.78 is 39.4. The van der Waals surface area contributed by atoms with Crippen LogP contribution in [0.1, 0.15) is 226 Å². The molecule has 12 heteroatoms. The topological polar surface area (TPSA) is 155 Å². The molecule has 0 amide bonds. The van der Waals surface area contributed by atoms with Crippen LogP contribution < -0.4 is 0 Å². The number of unbranched alkanes of at least 4 members (excludes halogenated alkanes) is 19. The van der Waals surface area contributed by atoms with Crippen molar-refractivity contribution >= 4 is 25.7 Å². The molecule has 3 atom stereocenters. The van der Waals surface area contributed by atoms with E-state index in [0.717, 1.165) is 103 Å². The van der Waals surface area contributed by atoms with E-state index in [-0.39, 0.29) is 25.9 Å². The van der Waals surface area contributed by atoms with Crippen LogP contribution in [0.4, 0.5) is 0 Å². The zero-order valence-corrected chi connectivity index (χ0v) is 45.1. The van der Waals surface area contributed by atoms with Gasteiger partial charge in [-0.25, -0.2) is 4.57 Å². The van der Waals surface area contributed by atoms with Gasteiger partial charge in [0.25, 0.3) is 0 Å². The summed E-state index contributed by atoms with van der Waals surface area (Å²) in [6.07, 6.45) is 58.4. The van der Waals surface area contributed by atoms with E-state index in [1.54, 1.807) is 0 Å². The fraction of sp³-hybridized carbons (Fsp3) is 0.707. The molecule has 3 unspecified atom stereocenters. The number of carbonyl (C=O) groups excluding carboxylic acids is 3. The molecular formula is C58H99O11P. The minimum atomic E-state index is -4.76. The molecule has 2 N–H and O–H groups in total. The molecule has 0 bridgehead atoms. The van der Waals surface area contributed by atoms with Crippen molar-refractivity contribution in [3.8, 4) is 0 Å². The average Bonchev–Trinajstić information content (AvgIpc) is 3.35. The van der Waals surface area contributed by atoms with Crippen LogP contribution in [0.5, 0.6) is 0 Å². The smallest absolute Gasteiger partial charge is 0.462 e. The highest BCUT2D eigenvalue weighted by molar-refractivity contribution is 7.47. The van der Waals surface area contributed by atoms with Crippen LogP contribution in [-0.4, -0.2) is 66.5 Å². The van der Waals surface area contributed by atoms with Crippen molar-refractivity contribution in [2.45, 2.75) is 238 Å². The first-order valence-corrected chi connectivity index (χ1v) is 29.0. The molecule has 0 aliphatic carbocycles. The van der Waals surface area contributed by atoms with Gasteiger partial charge in [-0.2, -0.15) is 0 Å². The van der Waals surface area contributed by atoms with E-state index in [9.17, 15) is 28.9 Å². The molecule has 0 aliphatic rings. The summed E-state index contributed by atoms with van der Waals surface area (Å²) >= 11 is 0. The van der Waals surface area contributed by atoms with E-state index in [1.807, 2.05) is 6.08 Å². The van der Waals surface area contributed by atoms with Gasteiger partial charge in [0.15, 0.2) is 6.10 Å². The van der Waals surface area contributed by atoms with Gasteiger partial charge in [-0.05, 0) is 83.5 Å². The third-order valence-electron chi connectivity index (χ3n) is 11.3. The zero-order chi connectivity index (χ0) is 51.3. The first-order chi connectivity index (χ1) is 34.2. The summed E-state index contributed by atoms with van der Waals surface area (Å²) in [7, 11) is -4.76. The van der Waals surface area contributed by atoms with E-state index >= 15 is 0 Å². The molecule has 0 aromatic rings. The number of aliphatic hydroxyl groups excluding tert-OH is 1. The van der Waals surface area contributed by atoms with Gasteiger partial charge in [-0.1, -0.05) is 209 Å². The predicted molar refractivity (Wildman–Crippen MR) is 288 cm³/mol. The minimum Gasteiger partial charge on any atom is -0.462 e. The van der Waals surface area contributed by atoms with Crippen LogP contribution in [0.15, 0.2) is 85.1 Å². The Balaban J connectivity index is 4.82. The largest absolute Gasteiger partial charge is 0.472 e. The third-order valence-corrected chi connectivity index (χ3v) is 12.2. The Labute approximate surface area is 426 Å². The van der Waals surface area contributed by atoms with Crippen LogP contribution in [0.25, 0.3) is 0 Å². The average molecular weight is 1000 g/mol. The molecule has 0 aromatic heterocycles. The Morgan fingerprint density at radius 1 is 0.414 bits per heavy atom. The number of phosphoric acid groups is 1. The molecule has 70 heavy (non-hydrogen) atoms. The summed E-state index contributed by atoms with van der Waals surface area (Å²) in [6, 6.07) is 0. The van der Waals surface area contributed by atoms with Crippen molar-refractivity contribution in [3.63, 3.8) is 0 Å². The quantitative estimate of drug-likeness (QED) is 0.0197. The van der Waals surface area contributed by atoms with Gasteiger partial charge >= 0.3 is 25.7 Å². The zero-order valence-electron chi connectivity index (χ0n) is 44.2. The first kappa shape index (κ1) is 66.7. The van der Waals surface area contributed by atoms with Crippen LogP contribution in [0, 0.1) is 0 Å². The molecule has 0 saturated heterocycles. The Bertz CT molecular complexity index is 1500. The third kappa shape index (κ3) is 49.6. The Kier molecular flexibility index (Phi) is 49.5. The Hall–Kier alpha value is -3.34. The van der Waals surface area contributed by atoms with Gasteiger partial charge in [-0.15, -0.1) is 0 Å². The monoisotopic (exact) mass is 1000 g/mol. The van der Waals surface area contributed by atoms with Crippen LogP contribution in [0.2, 0.25) is 0 Å². The van der Waals surface area contributed by atoms with Gasteiger partial charge in [0.1, 0.15) is 12.7 Å². The second-order valence-corrected chi connectivity index (χ2v) is 19.5. The molecule has 0 spiro atoms. The highest BCUT2D eigenvalue weighted by Crippen LogP contribution is 2.43. The Morgan fingerprint density at radius 3 is 1.24 bits per heavy atom. The molecule has 0 radical (unpaired) electrons. The lowest BCUT2D eigenvalue weighted by molar-refractivity contribution is -0.161. The van der Waals surface area contributed by atoms with E-state index in [0.29, 0.717) is 25.7 Å². The number of rotatable bonds is 50. The van der Waals surface area contributed by atoms with Crippen LogP contribution in [-0.2, 0) is 42.2 Å². The van der Waals surface area contributed by atoms with Crippen molar-refractivity contribution in [1.82, 2.24) is 0 Å². The first-order valence-electron chi connectivity index (χ1n) is 27.5. The SMILES string of the molecule is CC/C=C\C/C=C\C/C=C\C/C=C\C/C=C\CCCC(=O)OCC(COP(=O)(O)OCC(CO)OC(=O)CCCCCCCCCCCCCCC)OC(=O)CCCCCCC/C=C\C/C=C\CCC. The normalized spacial score (nSPS) is 14.1. The number of esters is 3. The molecule has 0 saturated carbocycles. The molecular weight excluding hydrogens is 904 g/mol. The van der Waals surface area contributed by atoms with E-state index in [1.165, 1.54) is 57.8 Å². The number of aliphatic hydroxyl groups is 1. The summed E-state index contributed by atoms with van der Waals surface area (Å²) in [5, 5.41) is 9.79. The number of hydrogen-bond acceptors (Lipinski definition) is 10. The number of phosphoric ester groups is 1. The minimum absolute atomic E-state index is 0.137. The maximum absolute atomic E-state index is 12.9. The summed E-state index contributed by atoms with van der Waals surface area (Å²) in [4.78, 5) is 48.4. The van der Waals surface area contributed by atoms with Gasteiger partial charge in [0, 0.05) is 19.3 Å². The molecule has 0 rings (SSSR count). The predicted octanol–water partition coefficient (Wildman–Crippen LogP) is 15.9. The molecule has 0 heterocycles. The van der Waals surface area contributed by atoms with E-state index < -0.39 is 57.8 Å². The van der Waals surface area contributed by atoms with Gasteiger partial charge in [0.2, 0.25) is 0 Å². The highest BCUT2D eigenvalue weighted by Gasteiger charge is 2.28. The lowest BCUT2D eigenvalue weighted by atomic mass is 10.0. The van der Waals surface area contributed by atoms with E-state index in [4.69, 9.17) is 23.3 Å². The lowest BCUT2D eigenvalue weighted by Crippen LogP contribution is -2.30. The van der Waals surface area contributed by atoms with Gasteiger partial charge in [-0.3, -0.25) is 23.4 Å². The number of hydrogen-bond donors (Lipinski definition) is 2. The second kappa shape index (κ2) is 52.0.